The maximum atomic E-state index is 13.6. The first-order chi connectivity index (χ1) is 23.6. The Kier molecular flexibility index (Phi) is 11.8. The number of hydrogen-bond acceptors (Lipinski definition) is 7. The maximum absolute atomic E-state index is 13.6. The van der Waals surface area contributed by atoms with Crippen LogP contribution in [0.2, 0.25) is 10.0 Å². The van der Waals surface area contributed by atoms with Gasteiger partial charge in [-0.25, -0.2) is 0 Å². The van der Waals surface area contributed by atoms with Crippen molar-refractivity contribution in [3.8, 4) is 6.07 Å². The molecule has 4 aromatic rings. The van der Waals surface area contributed by atoms with Gasteiger partial charge in [0, 0.05) is 50.1 Å². The van der Waals surface area contributed by atoms with E-state index in [0.717, 1.165) is 15.3 Å². The predicted molar refractivity (Wildman–Crippen MR) is 196 cm³/mol. The summed E-state index contributed by atoms with van der Waals surface area (Å²) in [5, 5.41) is 18.9. The van der Waals surface area contributed by atoms with Crippen LogP contribution >= 0.6 is 46.3 Å². The number of thioether (sulfide) groups is 1. The summed E-state index contributed by atoms with van der Waals surface area (Å²) < 4.78 is 0. The summed E-state index contributed by atoms with van der Waals surface area (Å²) in [6.07, 6.45) is 2.48. The van der Waals surface area contributed by atoms with Gasteiger partial charge in [0.05, 0.1) is 17.4 Å². The Balaban J connectivity index is 1.32. The molecule has 1 aromatic heterocycles. The lowest BCUT2D eigenvalue weighted by molar-refractivity contribution is -0.129. The first-order valence-corrected chi connectivity index (χ1v) is 17.7. The van der Waals surface area contributed by atoms with Gasteiger partial charge < -0.3 is 20.9 Å². The number of nitrogens with one attached hydrogen (secondary N) is 3. The Morgan fingerprint density at radius 3 is 2.41 bits per heavy atom. The first kappa shape index (κ1) is 35.7. The van der Waals surface area contributed by atoms with E-state index in [0.29, 0.717) is 63.4 Å². The lowest BCUT2D eigenvalue weighted by atomic mass is 10.0. The van der Waals surface area contributed by atoms with Crippen molar-refractivity contribution in [2.75, 3.05) is 17.2 Å². The molecule has 4 amide bonds. The van der Waals surface area contributed by atoms with E-state index in [1.807, 2.05) is 13.0 Å². The minimum atomic E-state index is -0.610. The van der Waals surface area contributed by atoms with Gasteiger partial charge in [-0.15, -0.1) is 23.1 Å². The highest BCUT2D eigenvalue weighted by Crippen LogP contribution is 2.38. The molecule has 1 aliphatic heterocycles. The van der Waals surface area contributed by atoms with Crippen molar-refractivity contribution in [3.05, 3.63) is 116 Å². The zero-order valence-electron chi connectivity index (χ0n) is 26.5. The molecule has 0 aliphatic carbocycles. The molecule has 1 unspecified atom stereocenters. The molecule has 3 aromatic carbocycles. The van der Waals surface area contributed by atoms with Gasteiger partial charge in [-0.3, -0.25) is 19.2 Å². The van der Waals surface area contributed by atoms with Gasteiger partial charge in [0.15, 0.2) is 0 Å². The van der Waals surface area contributed by atoms with E-state index < -0.39 is 17.1 Å². The van der Waals surface area contributed by atoms with Crippen LogP contribution in [0, 0.1) is 11.3 Å². The Morgan fingerprint density at radius 2 is 1.73 bits per heavy atom. The molecule has 2 heterocycles. The van der Waals surface area contributed by atoms with Crippen LogP contribution in [0.3, 0.4) is 0 Å². The van der Waals surface area contributed by atoms with E-state index in [1.165, 1.54) is 36.1 Å². The molecule has 0 bridgehead atoms. The number of nitrogens with zero attached hydrogens (tertiary/aromatic N) is 2. The van der Waals surface area contributed by atoms with E-state index in [4.69, 9.17) is 23.2 Å². The fourth-order valence-electron chi connectivity index (χ4n) is 5.14. The summed E-state index contributed by atoms with van der Waals surface area (Å²) in [7, 11) is 0. The van der Waals surface area contributed by atoms with E-state index in [2.05, 4.69) is 22.0 Å². The minimum Gasteiger partial charge on any atom is -0.337 e. The lowest BCUT2D eigenvalue weighted by Crippen LogP contribution is -2.33. The third kappa shape index (κ3) is 8.71. The van der Waals surface area contributed by atoms with Crippen molar-refractivity contribution < 1.29 is 19.2 Å². The first-order valence-electron chi connectivity index (χ1n) is 15.3. The van der Waals surface area contributed by atoms with Crippen LogP contribution in [0.4, 0.5) is 10.7 Å². The van der Waals surface area contributed by atoms with E-state index in [9.17, 15) is 24.4 Å². The van der Waals surface area contributed by atoms with Gasteiger partial charge in [-0.1, -0.05) is 60.5 Å². The van der Waals surface area contributed by atoms with Crippen LogP contribution in [0.15, 0.2) is 83.4 Å². The Morgan fingerprint density at radius 1 is 1.02 bits per heavy atom. The van der Waals surface area contributed by atoms with Gasteiger partial charge in [-0.05, 0) is 66.9 Å². The molecule has 5 rings (SSSR count). The second-order valence-corrected chi connectivity index (χ2v) is 14.2. The molecule has 0 saturated heterocycles. The van der Waals surface area contributed by atoms with Crippen molar-refractivity contribution in [3.63, 3.8) is 0 Å². The quantitative estimate of drug-likeness (QED) is 0.113. The second-order valence-electron chi connectivity index (χ2n) is 11.0. The minimum absolute atomic E-state index is 0.0295. The van der Waals surface area contributed by atoms with E-state index in [1.54, 1.807) is 71.6 Å². The fourth-order valence-corrected chi connectivity index (χ4v) is 7.87. The number of fused-ring (bicyclic) bond motifs is 1. The lowest BCUT2D eigenvalue weighted by Gasteiger charge is -2.25. The summed E-state index contributed by atoms with van der Waals surface area (Å²) in [5.41, 5.74) is 2.41. The highest BCUT2D eigenvalue weighted by Gasteiger charge is 2.28. The van der Waals surface area contributed by atoms with Gasteiger partial charge in [0.1, 0.15) is 16.8 Å². The van der Waals surface area contributed by atoms with Gasteiger partial charge in [0.25, 0.3) is 11.8 Å². The topological polar surface area (TPSA) is 131 Å². The summed E-state index contributed by atoms with van der Waals surface area (Å²) in [4.78, 5) is 55.4. The monoisotopic (exact) mass is 731 g/mol. The zero-order valence-corrected chi connectivity index (χ0v) is 29.7. The molecule has 49 heavy (non-hydrogen) atoms. The normalized spacial score (nSPS) is 13.1. The van der Waals surface area contributed by atoms with Gasteiger partial charge in [0.2, 0.25) is 11.8 Å². The third-order valence-electron chi connectivity index (χ3n) is 7.70. The number of hydrogen-bond donors (Lipinski definition) is 3. The van der Waals surface area contributed by atoms with Crippen molar-refractivity contribution in [1.29, 1.82) is 5.26 Å². The molecule has 1 atom stereocenters. The molecule has 0 radical (unpaired) electrons. The molecular formula is C36H31Cl2N5O4S2. The number of nitriles is 1. The van der Waals surface area contributed by atoms with Crippen molar-refractivity contribution in [2.45, 2.75) is 43.4 Å². The summed E-state index contributed by atoms with van der Waals surface area (Å²) in [6.45, 7) is 4.37. The summed E-state index contributed by atoms with van der Waals surface area (Å²) in [6, 6.07) is 22.7. The number of halogens is 2. The van der Waals surface area contributed by atoms with Crippen molar-refractivity contribution in [2.24, 2.45) is 0 Å². The third-order valence-corrected chi connectivity index (χ3v) is 10.9. The van der Waals surface area contributed by atoms with Crippen molar-refractivity contribution in [1.82, 2.24) is 10.2 Å². The predicted octanol–water partition coefficient (Wildman–Crippen LogP) is 7.75. The van der Waals surface area contributed by atoms with Crippen LogP contribution in [0.25, 0.3) is 6.08 Å². The molecule has 0 fully saturated rings. The van der Waals surface area contributed by atoms with Crippen LogP contribution in [0.1, 0.15) is 52.2 Å². The van der Waals surface area contributed by atoms with E-state index >= 15 is 0 Å². The zero-order chi connectivity index (χ0) is 35.1. The average Bonchev–Trinajstić information content (AvgIpc) is 3.44. The van der Waals surface area contributed by atoms with Gasteiger partial charge >= 0.3 is 0 Å². The largest absolute Gasteiger partial charge is 0.337 e. The molecule has 0 spiro atoms. The average molecular weight is 733 g/mol. The fraction of sp³-hybridized carbons (Fsp3) is 0.194. The molecule has 250 valence electrons. The highest BCUT2D eigenvalue weighted by molar-refractivity contribution is 8.00. The van der Waals surface area contributed by atoms with E-state index in [-0.39, 0.29) is 17.5 Å². The smallest absolute Gasteiger partial charge is 0.272 e. The number of carbonyl (C=O) groups is 4. The number of thiophene rings is 1. The van der Waals surface area contributed by atoms with Crippen LogP contribution in [-0.4, -0.2) is 40.3 Å². The standard InChI is InChI=1S/C36H31Cl2N5O4S2/c1-3-31(35(47)42-36-27(19-39)25-15-16-43(21(2)44)20-32(25)49-36)48-24-12-7-11-23(17-24)40-34(46)30(18-26-28(37)13-8-14-29(26)38)41-33(45)22-9-5-4-6-10-22/h4-14,17-18,31H,3,15-16,20H2,1-2H3,(H,40,46)(H,41,45)(H,42,47)/b30-18+. The molecule has 9 nitrogen and oxygen atoms in total. The molecule has 3 N–H and O–H groups in total. The second kappa shape index (κ2) is 16.2. The maximum Gasteiger partial charge on any atom is 0.272 e. The summed E-state index contributed by atoms with van der Waals surface area (Å²) in [5.74, 6) is -1.39. The highest BCUT2D eigenvalue weighted by atomic mass is 35.5. The number of rotatable bonds is 10. The number of benzene rings is 3. The number of anilines is 2. The molecule has 1 aliphatic rings. The van der Waals surface area contributed by atoms with Crippen LogP contribution < -0.4 is 16.0 Å². The number of carbonyl (C=O) groups excluding carboxylic acids is 4. The molecular weight excluding hydrogens is 701 g/mol. The molecule has 13 heteroatoms. The molecule has 0 saturated carbocycles. The van der Waals surface area contributed by atoms with Crippen LogP contribution in [-0.2, 0) is 27.3 Å². The van der Waals surface area contributed by atoms with Crippen molar-refractivity contribution >= 4 is 86.7 Å². The SMILES string of the molecule is CCC(Sc1cccc(NC(=O)/C(=C\c2c(Cl)cccc2Cl)NC(=O)c2ccccc2)c1)C(=O)Nc1sc2c(c1C#N)CCN(C(C)=O)C2. The van der Waals surface area contributed by atoms with Crippen LogP contribution in [0.5, 0.6) is 0 Å². The number of amides is 4. The van der Waals surface area contributed by atoms with Gasteiger partial charge in [-0.2, -0.15) is 5.26 Å². The summed E-state index contributed by atoms with van der Waals surface area (Å²) >= 11 is 15.4. The Bertz CT molecular complexity index is 1970. The Hall–Kier alpha value is -4.60. The Labute approximate surface area is 302 Å².